The molecule has 21 heavy (non-hydrogen) atoms. The molecule has 0 saturated heterocycles. The lowest BCUT2D eigenvalue weighted by atomic mass is 10.3. The Balaban J connectivity index is 1.92. The maximum absolute atomic E-state index is 11.9. The molecule has 0 saturated carbocycles. The third kappa shape index (κ3) is 4.34. The molecule has 0 bridgehead atoms. The molecule has 0 aliphatic rings. The monoisotopic (exact) mass is 324 g/mol. The fraction of sp³-hybridized carbons (Fsp3) is 0.286. The second-order valence-corrected chi connectivity index (χ2v) is 6.51. The predicted molar refractivity (Wildman–Crippen MR) is 88.5 cm³/mol. The van der Waals surface area contributed by atoms with E-state index in [9.17, 15) is 4.79 Å². The molecule has 2 N–H and O–H groups in total. The number of hydrogen-bond donors (Lipinski definition) is 2. The van der Waals surface area contributed by atoms with Crippen LogP contribution in [0.5, 0.6) is 0 Å². The van der Waals surface area contributed by atoms with E-state index in [1.54, 1.807) is 6.20 Å². The number of nitrogens with one attached hydrogen (secondary N) is 2. The van der Waals surface area contributed by atoms with E-state index in [1.807, 2.05) is 50.2 Å². The van der Waals surface area contributed by atoms with Gasteiger partial charge in [0.15, 0.2) is 0 Å². The van der Waals surface area contributed by atoms with Crippen LogP contribution in [0.25, 0.3) is 0 Å². The van der Waals surface area contributed by atoms with Gasteiger partial charge in [0, 0.05) is 19.0 Å². The summed E-state index contributed by atoms with van der Waals surface area (Å²) in [7, 11) is 3.83. The van der Waals surface area contributed by atoms with Crippen molar-refractivity contribution in [1.29, 1.82) is 0 Å². The molecule has 0 unspecified atom stereocenters. The minimum atomic E-state index is -0.272. The number of pyridine rings is 1. The molecule has 2 rings (SSSR count). The van der Waals surface area contributed by atoms with Crippen LogP contribution in [-0.4, -0.2) is 25.1 Å². The van der Waals surface area contributed by atoms with Gasteiger partial charge in [0.05, 0.1) is 22.3 Å². The van der Waals surface area contributed by atoms with Crippen LogP contribution >= 0.6 is 22.9 Å². The summed E-state index contributed by atoms with van der Waals surface area (Å²) in [5.41, 5.74) is 0.648. The first-order valence-corrected chi connectivity index (χ1v) is 7.61. The van der Waals surface area contributed by atoms with Gasteiger partial charge in [-0.1, -0.05) is 11.6 Å². The third-order valence-corrected chi connectivity index (χ3v) is 4.25. The van der Waals surface area contributed by atoms with Gasteiger partial charge in [0.2, 0.25) is 0 Å². The van der Waals surface area contributed by atoms with Crippen LogP contribution in [0.3, 0.4) is 0 Å². The number of nitrogens with zero attached hydrogens (tertiary/aromatic N) is 2. The topological polar surface area (TPSA) is 57.3 Å². The Kier molecular flexibility index (Phi) is 5.03. The van der Waals surface area contributed by atoms with E-state index in [-0.39, 0.29) is 12.1 Å². The molecule has 112 valence electrons. The van der Waals surface area contributed by atoms with Crippen molar-refractivity contribution in [2.24, 2.45) is 0 Å². The second-order valence-electron chi connectivity index (χ2n) is 4.76. The quantitative estimate of drug-likeness (QED) is 0.900. The van der Waals surface area contributed by atoms with Gasteiger partial charge in [-0.25, -0.2) is 9.78 Å². The molecule has 2 heterocycles. The van der Waals surface area contributed by atoms with Gasteiger partial charge in [-0.15, -0.1) is 11.3 Å². The molecular formula is C14H17ClN4OS. The molecule has 0 aliphatic carbocycles. The molecule has 2 amide bonds. The third-order valence-electron chi connectivity index (χ3n) is 2.83. The van der Waals surface area contributed by atoms with Gasteiger partial charge in [-0.3, -0.25) is 0 Å². The first-order valence-electron chi connectivity index (χ1n) is 6.42. The highest BCUT2D eigenvalue weighted by molar-refractivity contribution is 7.16. The van der Waals surface area contributed by atoms with Gasteiger partial charge in [0.1, 0.15) is 5.82 Å². The summed E-state index contributed by atoms with van der Waals surface area (Å²) in [6, 6.07) is 7.02. The standard InChI is InChI=1S/C14H17ClN4OS/c1-9(11-5-6-12(15)21-11)17-14(20)18-10-4-7-13(16-8-10)19(2)3/h4-9H,1-3H3,(H2,17,18,20)/t9-/m1/s1. The minimum absolute atomic E-state index is 0.100. The molecule has 2 aromatic rings. The van der Waals surface area contributed by atoms with E-state index < -0.39 is 0 Å². The van der Waals surface area contributed by atoms with Crippen molar-refractivity contribution in [3.8, 4) is 0 Å². The molecular weight excluding hydrogens is 308 g/mol. The summed E-state index contributed by atoms with van der Waals surface area (Å²) in [5, 5.41) is 5.61. The number of rotatable bonds is 4. The van der Waals surface area contributed by atoms with Crippen molar-refractivity contribution in [2.45, 2.75) is 13.0 Å². The molecule has 5 nitrogen and oxygen atoms in total. The number of thiophene rings is 1. The van der Waals surface area contributed by atoms with Crippen LogP contribution in [0.4, 0.5) is 16.3 Å². The zero-order valence-electron chi connectivity index (χ0n) is 12.1. The molecule has 7 heteroatoms. The summed E-state index contributed by atoms with van der Waals surface area (Å²) >= 11 is 7.34. The van der Waals surface area contributed by atoms with E-state index in [2.05, 4.69) is 15.6 Å². The van der Waals surface area contributed by atoms with Crippen molar-refractivity contribution >= 4 is 40.5 Å². The molecule has 0 aromatic carbocycles. The van der Waals surface area contributed by atoms with Crippen LogP contribution in [-0.2, 0) is 0 Å². The van der Waals surface area contributed by atoms with Gasteiger partial charge < -0.3 is 15.5 Å². The van der Waals surface area contributed by atoms with E-state index >= 15 is 0 Å². The van der Waals surface area contributed by atoms with E-state index in [0.29, 0.717) is 10.0 Å². The minimum Gasteiger partial charge on any atom is -0.363 e. The highest BCUT2D eigenvalue weighted by Gasteiger charge is 2.11. The van der Waals surface area contributed by atoms with Crippen molar-refractivity contribution in [3.05, 3.63) is 39.7 Å². The predicted octanol–water partition coefficient (Wildman–Crippen LogP) is 3.75. The normalized spacial score (nSPS) is 11.8. The molecule has 0 spiro atoms. The van der Waals surface area contributed by atoms with Crippen LogP contribution in [0.2, 0.25) is 4.34 Å². The molecule has 1 atom stereocenters. The zero-order chi connectivity index (χ0) is 15.4. The van der Waals surface area contributed by atoms with E-state index in [4.69, 9.17) is 11.6 Å². The van der Waals surface area contributed by atoms with Crippen molar-refractivity contribution in [2.75, 3.05) is 24.3 Å². The SMILES string of the molecule is C[C@@H](NC(=O)Nc1ccc(N(C)C)nc1)c1ccc(Cl)s1. The lowest BCUT2D eigenvalue weighted by Crippen LogP contribution is -2.30. The van der Waals surface area contributed by atoms with Crippen molar-refractivity contribution in [1.82, 2.24) is 10.3 Å². The van der Waals surface area contributed by atoms with E-state index in [1.165, 1.54) is 11.3 Å². The highest BCUT2D eigenvalue weighted by Crippen LogP contribution is 2.26. The maximum atomic E-state index is 11.9. The lowest BCUT2D eigenvalue weighted by Gasteiger charge is -2.14. The van der Waals surface area contributed by atoms with Crippen LogP contribution in [0.15, 0.2) is 30.5 Å². The van der Waals surface area contributed by atoms with Gasteiger partial charge in [-0.2, -0.15) is 0 Å². The summed E-state index contributed by atoms with van der Waals surface area (Å²) in [4.78, 5) is 19.1. The lowest BCUT2D eigenvalue weighted by molar-refractivity contribution is 0.249. The Hall–Kier alpha value is -1.79. The number of amides is 2. The summed E-state index contributed by atoms with van der Waals surface area (Å²) < 4.78 is 0.711. The Morgan fingerprint density at radius 2 is 2.10 bits per heavy atom. The van der Waals surface area contributed by atoms with Crippen LogP contribution in [0, 0.1) is 0 Å². The first kappa shape index (κ1) is 15.6. The fourth-order valence-corrected chi connectivity index (χ4v) is 2.78. The van der Waals surface area contributed by atoms with Gasteiger partial charge in [-0.05, 0) is 31.2 Å². The summed E-state index contributed by atoms with van der Waals surface area (Å²) in [6.07, 6.45) is 1.63. The second kappa shape index (κ2) is 6.78. The molecule has 0 aliphatic heterocycles. The number of carbonyl (C=O) groups is 1. The first-order chi connectivity index (χ1) is 9.95. The number of hydrogen-bond acceptors (Lipinski definition) is 4. The Bertz CT molecular complexity index is 612. The van der Waals surface area contributed by atoms with Crippen molar-refractivity contribution in [3.63, 3.8) is 0 Å². The maximum Gasteiger partial charge on any atom is 0.319 e. The number of halogens is 1. The Morgan fingerprint density at radius 3 is 2.62 bits per heavy atom. The largest absolute Gasteiger partial charge is 0.363 e. The van der Waals surface area contributed by atoms with Gasteiger partial charge in [0.25, 0.3) is 0 Å². The Labute approximate surface area is 132 Å². The molecule has 0 radical (unpaired) electrons. The van der Waals surface area contributed by atoms with Crippen LogP contribution in [0.1, 0.15) is 17.8 Å². The number of anilines is 2. The number of aromatic nitrogens is 1. The average Bonchev–Trinajstić information content (AvgIpc) is 2.86. The average molecular weight is 325 g/mol. The smallest absolute Gasteiger partial charge is 0.319 e. The fourth-order valence-electron chi connectivity index (χ4n) is 1.72. The molecule has 2 aromatic heterocycles. The summed E-state index contributed by atoms with van der Waals surface area (Å²) in [6.45, 7) is 1.91. The molecule has 0 fully saturated rings. The zero-order valence-corrected chi connectivity index (χ0v) is 13.6. The number of carbonyl (C=O) groups excluding carboxylic acids is 1. The summed E-state index contributed by atoms with van der Waals surface area (Å²) in [5.74, 6) is 0.836. The van der Waals surface area contributed by atoms with Gasteiger partial charge >= 0.3 is 6.03 Å². The Morgan fingerprint density at radius 1 is 1.33 bits per heavy atom. The van der Waals surface area contributed by atoms with Crippen molar-refractivity contribution < 1.29 is 4.79 Å². The highest BCUT2D eigenvalue weighted by atomic mass is 35.5. The van der Waals surface area contributed by atoms with E-state index in [0.717, 1.165) is 10.7 Å². The van der Waals surface area contributed by atoms with Crippen LogP contribution < -0.4 is 15.5 Å². The number of urea groups is 1.